The van der Waals surface area contributed by atoms with E-state index in [0.29, 0.717) is 5.56 Å². The third-order valence-electron chi connectivity index (χ3n) is 4.86. The van der Waals surface area contributed by atoms with Crippen molar-refractivity contribution in [3.8, 4) is 17.3 Å². The molecule has 5 aromatic rings. The predicted octanol–water partition coefficient (Wildman–Crippen LogP) is 2.92. The SMILES string of the molecule is [2H]c1c([2H])c([2H])c(C(O)(c2c([2H])c([2H])c([2H])c([2H])c2[2H])c2nc3nc(OC)c(-c4nnn[nH]4)cc3n2CC)c([2H])c1[2H]. The van der Waals surface area contributed by atoms with Crippen molar-refractivity contribution >= 4 is 11.2 Å². The minimum atomic E-state index is -2.97. The fourth-order valence-electron chi connectivity index (χ4n) is 3.44. The van der Waals surface area contributed by atoms with E-state index in [-0.39, 0.29) is 29.4 Å². The van der Waals surface area contributed by atoms with Crippen LogP contribution in [0.2, 0.25) is 0 Å². The number of pyridine rings is 1. The number of aliphatic hydroxyl groups is 1. The van der Waals surface area contributed by atoms with Crippen LogP contribution >= 0.6 is 0 Å². The molecule has 32 heavy (non-hydrogen) atoms. The molecule has 2 aromatic carbocycles. The fraction of sp³-hybridized carbons (Fsp3) is 0.174. The second-order valence-corrected chi connectivity index (χ2v) is 6.53. The van der Waals surface area contributed by atoms with Crippen molar-refractivity contribution in [2.24, 2.45) is 0 Å². The Morgan fingerprint density at radius 1 is 1.06 bits per heavy atom. The lowest BCUT2D eigenvalue weighted by atomic mass is 9.85. The number of H-pyrrole nitrogens is 1. The van der Waals surface area contributed by atoms with Crippen LogP contribution in [-0.2, 0) is 12.1 Å². The summed E-state index contributed by atoms with van der Waals surface area (Å²) in [6.07, 6.45) is 0. The lowest BCUT2D eigenvalue weighted by Crippen LogP contribution is -2.32. The Kier molecular flexibility index (Phi) is 2.82. The number of methoxy groups -OCH3 is 1. The first-order valence-corrected chi connectivity index (χ1v) is 9.38. The van der Waals surface area contributed by atoms with Crippen molar-refractivity contribution in [2.75, 3.05) is 7.11 Å². The van der Waals surface area contributed by atoms with Crippen LogP contribution in [0, 0.1) is 0 Å². The van der Waals surface area contributed by atoms with Crippen LogP contribution in [0.4, 0.5) is 0 Å². The largest absolute Gasteiger partial charge is 0.480 e. The molecule has 0 aliphatic carbocycles. The summed E-state index contributed by atoms with van der Waals surface area (Å²) in [5, 5.41) is 26.3. The van der Waals surface area contributed by atoms with E-state index in [0.717, 1.165) is 0 Å². The molecule has 9 nitrogen and oxygen atoms in total. The van der Waals surface area contributed by atoms with Crippen molar-refractivity contribution in [2.45, 2.75) is 19.1 Å². The maximum absolute atomic E-state index is 12.7. The molecule has 0 bridgehead atoms. The van der Waals surface area contributed by atoms with Crippen LogP contribution in [0.15, 0.2) is 66.5 Å². The molecule has 0 fully saturated rings. The molecular weight excluding hydrogens is 406 g/mol. The molecule has 3 heterocycles. The van der Waals surface area contributed by atoms with E-state index < -0.39 is 83.0 Å². The topological polar surface area (TPSA) is 115 Å². The molecule has 5 rings (SSSR count). The summed E-state index contributed by atoms with van der Waals surface area (Å²) in [7, 11) is 1.34. The Morgan fingerprint density at radius 3 is 2.25 bits per heavy atom. The molecule has 160 valence electrons. The van der Waals surface area contributed by atoms with Gasteiger partial charge in [-0.1, -0.05) is 60.4 Å². The minimum Gasteiger partial charge on any atom is -0.480 e. The number of rotatable bonds is 6. The highest BCUT2D eigenvalue weighted by atomic mass is 16.5. The molecule has 0 atom stereocenters. The van der Waals surface area contributed by atoms with Crippen LogP contribution in [-0.4, -0.2) is 47.4 Å². The van der Waals surface area contributed by atoms with Crippen molar-refractivity contribution in [1.29, 1.82) is 0 Å². The van der Waals surface area contributed by atoms with Crippen LogP contribution in [0.5, 0.6) is 5.88 Å². The highest BCUT2D eigenvalue weighted by Gasteiger charge is 2.39. The number of aromatic amines is 1. The van der Waals surface area contributed by atoms with Gasteiger partial charge in [-0.25, -0.2) is 10.1 Å². The first-order chi connectivity index (χ1) is 19.8. The number of ether oxygens (including phenoxy) is 1. The Bertz CT molecular complexity index is 1770. The standard InChI is InChI=1S/C23H21N7O2/c1-3-30-18-14-17(19-26-28-29-27-19)21(32-2)24-20(18)25-22(30)23(31,15-10-6-4-7-11-15)16-12-8-5-9-13-16/h4-14,31H,3H2,1-2H3,(H,26,27,28,29)/i4D,5D,6D,7D,8D,9D,10D,11D,12D,13D. The molecule has 0 radical (unpaired) electrons. The number of nitrogens with one attached hydrogen (secondary N) is 1. The third kappa shape index (κ3) is 3.02. The molecule has 0 saturated carbocycles. The van der Waals surface area contributed by atoms with E-state index in [1.54, 1.807) is 6.92 Å². The van der Waals surface area contributed by atoms with Gasteiger partial charge in [-0.05, 0) is 34.5 Å². The molecular formula is C23H21N7O2. The molecule has 0 aliphatic rings. The third-order valence-corrected chi connectivity index (χ3v) is 4.86. The Hall–Kier alpha value is -4.11. The summed E-state index contributed by atoms with van der Waals surface area (Å²) in [4.78, 5) is 8.85. The summed E-state index contributed by atoms with van der Waals surface area (Å²) < 4.78 is 90.4. The number of imidazole rings is 1. The Morgan fingerprint density at radius 2 is 1.72 bits per heavy atom. The fourth-order valence-corrected chi connectivity index (χ4v) is 3.44. The van der Waals surface area contributed by atoms with Crippen LogP contribution in [0.25, 0.3) is 22.6 Å². The van der Waals surface area contributed by atoms with Gasteiger partial charge in [-0.15, -0.1) is 5.10 Å². The quantitative estimate of drug-likeness (QED) is 0.420. The molecule has 0 amide bonds. The summed E-state index contributed by atoms with van der Waals surface area (Å²) in [6, 6.07) is -6.64. The average Bonchev–Trinajstić information content (AvgIpc) is 3.64. The highest BCUT2D eigenvalue weighted by Crippen LogP contribution is 2.38. The van der Waals surface area contributed by atoms with E-state index in [4.69, 9.17) is 18.4 Å². The smallest absolute Gasteiger partial charge is 0.226 e. The molecule has 0 spiro atoms. The number of nitrogens with zero attached hydrogens (tertiary/aromatic N) is 6. The van der Waals surface area contributed by atoms with Crippen LogP contribution in [0.3, 0.4) is 0 Å². The van der Waals surface area contributed by atoms with Crippen molar-refractivity contribution < 1.29 is 23.6 Å². The second-order valence-electron chi connectivity index (χ2n) is 6.53. The number of hydrogen-bond donors (Lipinski definition) is 2. The average molecular weight is 438 g/mol. The van der Waals surface area contributed by atoms with Gasteiger partial charge in [0.25, 0.3) is 0 Å². The monoisotopic (exact) mass is 437 g/mol. The van der Waals surface area contributed by atoms with Crippen LogP contribution < -0.4 is 4.74 Å². The minimum absolute atomic E-state index is 0.0296. The van der Waals surface area contributed by atoms with Crippen molar-refractivity contribution in [3.63, 3.8) is 0 Å². The van der Waals surface area contributed by atoms with E-state index in [2.05, 4.69) is 30.6 Å². The predicted molar refractivity (Wildman–Crippen MR) is 118 cm³/mol. The molecule has 0 unspecified atom stereocenters. The molecule has 2 N–H and O–H groups in total. The maximum Gasteiger partial charge on any atom is 0.226 e. The van der Waals surface area contributed by atoms with E-state index in [1.807, 2.05) is 0 Å². The molecule has 0 saturated heterocycles. The molecule has 0 aliphatic heterocycles. The van der Waals surface area contributed by atoms with Gasteiger partial charge < -0.3 is 14.4 Å². The summed E-state index contributed by atoms with van der Waals surface area (Å²) in [5.74, 6) is -0.208. The van der Waals surface area contributed by atoms with Gasteiger partial charge in [0, 0.05) is 6.54 Å². The summed E-state index contributed by atoms with van der Waals surface area (Å²) >= 11 is 0. The lowest BCUT2D eigenvalue weighted by molar-refractivity contribution is 0.112. The number of aromatic nitrogens is 7. The zero-order chi connectivity index (χ0) is 30.8. The molecule has 9 heteroatoms. The van der Waals surface area contributed by atoms with Gasteiger partial charge in [-0.2, -0.15) is 4.98 Å². The lowest BCUT2D eigenvalue weighted by Gasteiger charge is -2.29. The zero-order valence-corrected chi connectivity index (χ0v) is 16.8. The van der Waals surface area contributed by atoms with Gasteiger partial charge in [0.2, 0.25) is 5.88 Å². The van der Waals surface area contributed by atoms with E-state index >= 15 is 0 Å². The number of benzene rings is 2. The van der Waals surface area contributed by atoms with E-state index in [9.17, 15) is 5.11 Å². The van der Waals surface area contributed by atoms with Crippen molar-refractivity contribution in [3.05, 3.63) is 83.4 Å². The first-order valence-electron chi connectivity index (χ1n) is 14.4. The van der Waals surface area contributed by atoms with Crippen LogP contribution in [0.1, 0.15) is 37.6 Å². The number of tetrazole rings is 1. The van der Waals surface area contributed by atoms with Gasteiger partial charge in [0.15, 0.2) is 22.9 Å². The normalized spacial score (nSPS) is 16.1. The second kappa shape index (κ2) is 7.86. The van der Waals surface area contributed by atoms with Gasteiger partial charge in [0.05, 0.1) is 31.9 Å². The summed E-state index contributed by atoms with van der Waals surface area (Å²) in [6.45, 7) is 1.71. The summed E-state index contributed by atoms with van der Waals surface area (Å²) in [5.41, 5.74) is -3.98. The highest BCUT2D eigenvalue weighted by molar-refractivity contribution is 5.80. The van der Waals surface area contributed by atoms with Gasteiger partial charge >= 0.3 is 0 Å². The Balaban J connectivity index is 2.01. The number of hydrogen-bond acceptors (Lipinski definition) is 7. The zero-order valence-electron chi connectivity index (χ0n) is 26.8. The molecule has 3 aromatic heterocycles. The van der Waals surface area contributed by atoms with E-state index in [1.165, 1.54) is 17.7 Å². The Labute approximate surface area is 197 Å². The van der Waals surface area contributed by atoms with Gasteiger partial charge in [0.1, 0.15) is 0 Å². The van der Waals surface area contributed by atoms with Gasteiger partial charge in [-0.3, -0.25) is 0 Å². The van der Waals surface area contributed by atoms with Crippen molar-refractivity contribution in [1.82, 2.24) is 35.2 Å². The number of aryl methyl sites for hydroxylation is 1. The first kappa shape index (κ1) is 11.5. The maximum atomic E-state index is 12.7. The number of fused-ring (bicyclic) bond motifs is 1.